The molecule has 0 bridgehead atoms. The Morgan fingerprint density at radius 3 is 2.73 bits per heavy atom. The minimum absolute atomic E-state index is 0.0840. The van der Waals surface area contributed by atoms with E-state index in [1.165, 1.54) is 30.9 Å². The van der Waals surface area contributed by atoms with Gasteiger partial charge < -0.3 is 10.1 Å². The molecule has 0 amide bonds. The van der Waals surface area contributed by atoms with Crippen LogP contribution in [-0.2, 0) is 13.0 Å². The maximum Gasteiger partial charge on any atom is 0.127 e. The lowest BCUT2D eigenvalue weighted by Gasteiger charge is -2.26. The van der Waals surface area contributed by atoms with E-state index in [0.29, 0.717) is 5.56 Å². The quantitative estimate of drug-likeness (QED) is 0.240. The molecule has 1 fully saturated rings. The number of rotatable bonds is 5. The largest absolute Gasteiger partial charge is 0.508 e. The van der Waals surface area contributed by atoms with Crippen LogP contribution in [0.3, 0.4) is 0 Å². The van der Waals surface area contributed by atoms with Crippen molar-refractivity contribution in [3.8, 4) is 28.4 Å². The molecule has 1 aliphatic heterocycles. The van der Waals surface area contributed by atoms with Crippen molar-refractivity contribution in [2.75, 3.05) is 13.1 Å². The molecular weight excluding hydrogens is 503 g/mol. The van der Waals surface area contributed by atoms with Crippen LogP contribution in [0.1, 0.15) is 48.6 Å². The van der Waals surface area contributed by atoms with Crippen LogP contribution < -0.4 is 0 Å². The number of aromatic amines is 2. The van der Waals surface area contributed by atoms with Gasteiger partial charge >= 0.3 is 0 Å². The molecule has 7 nitrogen and oxygen atoms in total. The van der Waals surface area contributed by atoms with Gasteiger partial charge in [-0.25, -0.2) is 4.39 Å². The third-order valence-electron chi connectivity index (χ3n) is 8.01. The molecule has 8 heteroatoms. The summed E-state index contributed by atoms with van der Waals surface area (Å²) in [6, 6.07) is 10.5. The second kappa shape index (κ2) is 10.0. The average molecular weight is 535 g/mol. The van der Waals surface area contributed by atoms with E-state index < -0.39 is 5.82 Å². The van der Waals surface area contributed by atoms with E-state index in [1.54, 1.807) is 6.07 Å². The lowest BCUT2D eigenvalue weighted by Crippen LogP contribution is -2.29. The summed E-state index contributed by atoms with van der Waals surface area (Å²) in [6.07, 6.45) is 12.5. The summed E-state index contributed by atoms with van der Waals surface area (Å²) in [5.74, 6) is -0.283. The van der Waals surface area contributed by atoms with Crippen molar-refractivity contribution in [3.05, 3.63) is 89.3 Å². The number of hydrogen-bond donors (Lipinski definition) is 3. The minimum atomic E-state index is -0.459. The van der Waals surface area contributed by atoms with E-state index in [0.717, 1.165) is 82.5 Å². The minimum Gasteiger partial charge on any atom is -0.508 e. The van der Waals surface area contributed by atoms with Crippen molar-refractivity contribution in [2.24, 2.45) is 5.92 Å². The molecule has 7 rings (SSSR count). The van der Waals surface area contributed by atoms with Gasteiger partial charge in [0.15, 0.2) is 0 Å². The molecule has 40 heavy (non-hydrogen) atoms. The van der Waals surface area contributed by atoms with E-state index in [2.05, 4.69) is 56.3 Å². The van der Waals surface area contributed by atoms with E-state index in [-0.39, 0.29) is 11.7 Å². The number of H-pyrrole nitrogens is 2. The molecule has 1 aliphatic carbocycles. The first-order chi connectivity index (χ1) is 19.5. The molecular formula is C32H31FN6O. The first kappa shape index (κ1) is 24.7. The van der Waals surface area contributed by atoms with Crippen LogP contribution >= 0.6 is 0 Å². The average Bonchev–Trinajstić information content (AvgIpc) is 3.56. The van der Waals surface area contributed by atoms with Gasteiger partial charge in [0, 0.05) is 47.2 Å². The van der Waals surface area contributed by atoms with Crippen molar-refractivity contribution in [1.29, 1.82) is 0 Å². The highest BCUT2D eigenvalue weighted by molar-refractivity contribution is 5.95. The van der Waals surface area contributed by atoms with Crippen LogP contribution in [-0.4, -0.2) is 48.2 Å². The van der Waals surface area contributed by atoms with Gasteiger partial charge in [-0.05, 0) is 85.3 Å². The Hall–Kier alpha value is -4.30. The zero-order chi connectivity index (χ0) is 27.2. The van der Waals surface area contributed by atoms with Gasteiger partial charge in [-0.15, -0.1) is 0 Å². The first-order valence-corrected chi connectivity index (χ1v) is 14.0. The van der Waals surface area contributed by atoms with Crippen LogP contribution in [0.2, 0.25) is 0 Å². The lowest BCUT2D eigenvalue weighted by molar-refractivity contribution is 0.220. The summed E-state index contributed by atoms with van der Waals surface area (Å²) in [6.45, 7) is 5.33. The summed E-state index contributed by atoms with van der Waals surface area (Å²) in [7, 11) is 0. The number of allylic oxidation sites excluding steroid dienone is 1. The molecule has 5 aromatic rings. The summed E-state index contributed by atoms with van der Waals surface area (Å²) in [5.41, 5.74) is 9.21. The van der Waals surface area contributed by atoms with Gasteiger partial charge in [0.2, 0.25) is 0 Å². The zero-order valence-electron chi connectivity index (χ0n) is 22.4. The predicted molar refractivity (Wildman–Crippen MR) is 154 cm³/mol. The normalized spacial score (nSPS) is 17.6. The third-order valence-corrected chi connectivity index (χ3v) is 8.01. The Kier molecular flexibility index (Phi) is 6.20. The number of phenols is 1. The van der Waals surface area contributed by atoms with Gasteiger partial charge in [0.1, 0.15) is 17.3 Å². The predicted octanol–water partition coefficient (Wildman–Crippen LogP) is 6.47. The number of piperidine rings is 1. The van der Waals surface area contributed by atoms with E-state index in [9.17, 15) is 9.50 Å². The maximum atomic E-state index is 14.2. The SMILES string of the molecule is CC1C=C(c2cc(O)cc(F)c2)c2cc(-c3n[nH]c4cnc(-c5cncc(CN6CCCCC6)c5)cc34)[nH]c2C1. The highest BCUT2D eigenvalue weighted by Gasteiger charge is 2.24. The summed E-state index contributed by atoms with van der Waals surface area (Å²) < 4.78 is 14.2. The van der Waals surface area contributed by atoms with Crippen LogP contribution in [0.5, 0.6) is 5.75 Å². The van der Waals surface area contributed by atoms with Crippen LogP contribution in [0.25, 0.3) is 39.1 Å². The first-order valence-electron chi connectivity index (χ1n) is 14.0. The number of halogens is 1. The van der Waals surface area contributed by atoms with Crippen molar-refractivity contribution in [2.45, 2.75) is 39.2 Å². The summed E-state index contributed by atoms with van der Waals surface area (Å²) >= 11 is 0. The molecule has 202 valence electrons. The summed E-state index contributed by atoms with van der Waals surface area (Å²) in [5, 5.41) is 18.8. The standard InChI is InChI=1S/C32H31FN6O/c1-19-7-25(21-10-23(33)12-24(40)11-21)26-13-30(36-29(26)8-19)32-27-14-28(35-17-31(27)37-38-32)22-9-20(15-34-16-22)18-39-5-3-2-4-6-39/h7,9-17,19,36,40H,2-6,8,18H2,1H3,(H,37,38). The number of aromatic nitrogens is 5. The van der Waals surface area contributed by atoms with Gasteiger partial charge in [0.25, 0.3) is 0 Å². The number of phenolic OH excluding ortho intramolecular Hbond substituents is 1. The van der Waals surface area contributed by atoms with Gasteiger partial charge in [-0.2, -0.15) is 5.10 Å². The Bertz CT molecular complexity index is 1730. The van der Waals surface area contributed by atoms with Gasteiger partial charge in [-0.3, -0.25) is 20.0 Å². The number of hydrogen-bond acceptors (Lipinski definition) is 5. The molecule has 2 aliphatic rings. The molecule has 0 radical (unpaired) electrons. The number of fused-ring (bicyclic) bond motifs is 2. The number of pyridine rings is 2. The highest BCUT2D eigenvalue weighted by Crippen LogP contribution is 2.39. The van der Waals surface area contributed by atoms with E-state index >= 15 is 0 Å². The van der Waals surface area contributed by atoms with E-state index in [4.69, 9.17) is 4.98 Å². The van der Waals surface area contributed by atoms with Crippen LogP contribution in [0, 0.1) is 11.7 Å². The lowest BCUT2D eigenvalue weighted by atomic mass is 9.86. The number of benzene rings is 1. The number of nitrogens with one attached hydrogen (secondary N) is 2. The molecule has 4 aromatic heterocycles. The topological polar surface area (TPSA) is 93.7 Å². The number of likely N-dealkylation sites (tertiary alicyclic amines) is 1. The smallest absolute Gasteiger partial charge is 0.127 e. The van der Waals surface area contributed by atoms with Crippen molar-refractivity contribution in [1.82, 2.24) is 30.0 Å². The molecule has 1 atom stereocenters. The Balaban J connectivity index is 1.24. The Morgan fingerprint density at radius 2 is 1.88 bits per heavy atom. The maximum absolute atomic E-state index is 14.2. The second-order valence-corrected chi connectivity index (χ2v) is 11.1. The van der Waals surface area contributed by atoms with Crippen LogP contribution in [0.4, 0.5) is 4.39 Å². The van der Waals surface area contributed by atoms with Gasteiger partial charge in [0.05, 0.1) is 23.1 Å². The van der Waals surface area contributed by atoms with Crippen molar-refractivity contribution < 1.29 is 9.50 Å². The van der Waals surface area contributed by atoms with Crippen molar-refractivity contribution >= 4 is 16.5 Å². The second-order valence-electron chi connectivity index (χ2n) is 11.1. The Labute approximate surface area is 231 Å². The fourth-order valence-electron chi connectivity index (χ4n) is 6.13. The molecule has 0 spiro atoms. The molecule has 0 saturated carbocycles. The highest BCUT2D eigenvalue weighted by atomic mass is 19.1. The fourth-order valence-corrected chi connectivity index (χ4v) is 6.13. The monoisotopic (exact) mass is 534 g/mol. The fraction of sp³-hybridized carbons (Fsp3) is 0.281. The molecule has 1 aromatic carbocycles. The molecule has 1 saturated heterocycles. The third kappa shape index (κ3) is 4.69. The van der Waals surface area contributed by atoms with E-state index in [1.807, 2.05) is 18.6 Å². The zero-order valence-corrected chi connectivity index (χ0v) is 22.4. The van der Waals surface area contributed by atoms with Crippen molar-refractivity contribution in [3.63, 3.8) is 0 Å². The molecule has 3 N–H and O–H groups in total. The molecule has 5 heterocycles. The van der Waals surface area contributed by atoms with Gasteiger partial charge in [-0.1, -0.05) is 19.4 Å². The number of aromatic hydroxyl groups is 1. The molecule has 1 unspecified atom stereocenters. The summed E-state index contributed by atoms with van der Waals surface area (Å²) in [4.78, 5) is 15.3. The number of nitrogens with zero attached hydrogens (tertiary/aromatic N) is 4. The van der Waals surface area contributed by atoms with Crippen LogP contribution in [0.15, 0.2) is 61.1 Å². The Morgan fingerprint density at radius 1 is 1.00 bits per heavy atom.